The lowest BCUT2D eigenvalue weighted by Crippen LogP contribution is -2.40. The van der Waals surface area contributed by atoms with E-state index in [1.54, 1.807) is 0 Å². The predicted octanol–water partition coefficient (Wildman–Crippen LogP) is 2.72. The van der Waals surface area contributed by atoms with Crippen LogP contribution in [0.2, 0.25) is 0 Å². The van der Waals surface area contributed by atoms with Crippen molar-refractivity contribution < 1.29 is 35.1 Å². The Hall–Kier alpha value is -2.68. The van der Waals surface area contributed by atoms with Crippen LogP contribution < -0.4 is 10.7 Å². The molecule has 0 spiro atoms. The molecule has 2 aromatic rings. The van der Waals surface area contributed by atoms with E-state index in [9.17, 15) is 30.4 Å². The van der Waals surface area contributed by atoms with Gasteiger partial charge in [-0.15, -0.1) is 0 Å². The largest absolute Gasteiger partial charge is 0.379 e. The van der Waals surface area contributed by atoms with Crippen LogP contribution >= 0.6 is 12.2 Å². The van der Waals surface area contributed by atoms with Crippen LogP contribution in [-0.2, 0) is 14.8 Å². The molecule has 32 heavy (non-hydrogen) atoms. The highest BCUT2D eigenvalue weighted by Gasteiger charge is 2.26. The van der Waals surface area contributed by atoms with E-state index in [-0.39, 0.29) is 23.1 Å². The summed E-state index contributed by atoms with van der Waals surface area (Å²) < 4.78 is 98.2. The first kappa shape index (κ1) is 24.0. The molecule has 0 amide bonds. The average molecular weight is 494 g/mol. The molecule has 1 heterocycles. The Morgan fingerprint density at radius 2 is 1.50 bits per heavy atom. The van der Waals surface area contributed by atoms with Gasteiger partial charge in [0.05, 0.1) is 29.9 Å². The van der Waals surface area contributed by atoms with Gasteiger partial charge in [-0.1, -0.05) is 0 Å². The Labute approximate surface area is 184 Å². The number of rotatable bonds is 5. The lowest BCUT2D eigenvalue weighted by molar-refractivity contribution is 0.0730. The number of nitrogens with zero attached hydrogens (tertiary/aromatic N) is 2. The minimum Gasteiger partial charge on any atom is -0.379 e. The summed E-state index contributed by atoms with van der Waals surface area (Å²) in [6, 6.07) is 5.56. The molecule has 1 saturated heterocycles. The fraction of sp³-hybridized carbons (Fsp3) is 0.222. The first-order chi connectivity index (χ1) is 15.1. The second-order valence-electron chi connectivity index (χ2n) is 6.35. The topological polar surface area (TPSA) is 83.0 Å². The summed E-state index contributed by atoms with van der Waals surface area (Å²) in [6.45, 7) is 1.11. The Bertz CT molecular complexity index is 1130. The zero-order chi connectivity index (χ0) is 23.5. The monoisotopic (exact) mass is 494 g/mol. The average Bonchev–Trinajstić information content (AvgIpc) is 2.79. The van der Waals surface area contributed by atoms with E-state index < -0.39 is 44.7 Å². The number of thiocarbonyl (C=S) groups is 1. The number of hydrazone groups is 1. The van der Waals surface area contributed by atoms with Gasteiger partial charge in [0, 0.05) is 18.8 Å². The third-order valence-corrected chi connectivity index (χ3v) is 6.43. The Balaban J connectivity index is 1.64. The fourth-order valence-electron chi connectivity index (χ4n) is 2.70. The molecule has 1 aliphatic rings. The number of ether oxygens (including phenoxy) is 1. The number of nitrogens with one attached hydrogen (secondary N) is 2. The molecule has 2 aromatic carbocycles. The van der Waals surface area contributed by atoms with Gasteiger partial charge in [-0.3, -0.25) is 5.43 Å². The minimum atomic E-state index is -3.68. The van der Waals surface area contributed by atoms with Crippen molar-refractivity contribution in [3.8, 4) is 0 Å². The number of sulfonamides is 1. The quantitative estimate of drug-likeness (QED) is 0.166. The third-order valence-electron chi connectivity index (χ3n) is 4.32. The maximum atomic E-state index is 13.6. The van der Waals surface area contributed by atoms with E-state index in [2.05, 4.69) is 15.8 Å². The number of halogens is 5. The number of morpholine rings is 1. The van der Waals surface area contributed by atoms with E-state index in [1.807, 2.05) is 0 Å². The second kappa shape index (κ2) is 9.85. The van der Waals surface area contributed by atoms with Crippen LogP contribution in [0.3, 0.4) is 0 Å². The summed E-state index contributed by atoms with van der Waals surface area (Å²) in [5, 5.41) is 5.80. The molecule has 0 unspecified atom stereocenters. The molecule has 7 nitrogen and oxygen atoms in total. The fourth-order valence-corrected chi connectivity index (χ4v) is 4.27. The van der Waals surface area contributed by atoms with Gasteiger partial charge in [0.15, 0.2) is 28.4 Å². The van der Waals surface area contributed by atoms with Crippen LogP contribution in [0.1, 0.15) is 5.56 Å². The van der Waals surface area contributed by atoms with E-state index in [4.69, 9.17) is 17.0 Å². The summed E-state index contributed by atoms with van der Waals surface area (Å²) in [6.07, 6.45) is 0.391. The molecule has 3 rings (SSSR count). The molecule has 1 fully saturated rings. The van der Waals surface area contributed by atoms with Crippen molar-refractivity contribution >= 4 is 39.3 Å². The van der Waals surface area contributed by atoms with Gasteiger partial charge >= 0.3 is 0 Å². The maximum absolute atomic E-state index is 13.6. The van der Waals surface area contributed by atoms with Crippen molar-refractivity contribution in [3.05, 3.63) is 58.9 Å². The van der Waals surface area contributed by atoms with Gasteiger partial charge < -0.3 is 10.1 Å². The van der Waals surface area contributed by atoms with Crippen molar-refractivity contribution in [1.29, 1.82) is 0 Å². The number of benzene rings is 2. The summed E-state index contributed by atoms with van der Waals surface area (Å²) >= 11 is 4.93. The van der Waals surface area contributed by atoms with Crippen molar-refractivity contribution in [2.24, 2.45) is 5.10 Å². The van der Waals surface area contributed by atoms with E-state index in [0.29, 0.717) is 25.1 Å². The molecular formula is C18H15F5N4O3S2. The first-order valence-electron chi connectivity index (χ1n) is 8.92. The second-order valence-corrected chi connectivity index (χ2v) is 8.69. The van der Waals surface area contributed by atoms with Crippen molar-refractivity contribution in [2.75, 3.05) is 31.6 Å². The smallest absolute Gasteiger partial charge is 0.243 e. The van der Waals surface area contributed by atoms with Gasteiger partial charge in [0.25, 0.3) is 0 Å². The molecule has 172 valence electrons. The molecule has 0 aromatic heterocycles. The highest BCUT2D eigenvalue weighted by atomic mass is 32.2. The SMILES string of the molecule is O=S(=O)(c1ccc(NC(=S)N/N=C\c2c(F)c(F)c(F)c(F)c2F)cc1)N1CCOCC1. The van der Waals surface area contributed by atoms with Gasteiger partial charge in [-0.25, -0.2) is 30.4 Å². The molecule has 0 saturated carbocycles. The third kappa shape index (κ3) is 5.03. The minimum absolute atomic E-state index is 0.0631. The highest BCUT2D eigenvalue weighted by molar-refractivity contribution is 7.89. The van der Waals surface area contributed by atoms with E-state index in [1.165, 1.54) is 28.6 Å². The van der Waals surface area contributed by atoms with Crippen LogP contribution in [-0.4, -0.2) is 50.4 Å². The van der Waals surface area contributed by atoms with Gasteiger partial charge in [0.1, 0.15) is 0 Å². The number of anilines is 1. The summed E-state index contributed by atoms with van der Waals surface area (Å²) in [5.74, 6) is -10.6. The van der Waals surface area contributed by atoms with Crippen LogP contribution in [0.4, 0.5) is 27.6 Å². The lowest BCUT2D eigenvalue weighted by atomic mass is 10.2. The number of hydrogen-bond donors (Lipinski definition) is 2. The Kier molecular flexibility index (Phi) is 7.38. The molecule has 0 aliphatic carbocycles. The molecule has 0 radical (unpaired) electrons. The highest BCUT2D eigenvalue weighted by Crippen LogP contribution is 2.22. The lowest BCUT2D eigenvalue weighted by Gasteiger charge is -2.26. The van der Waals surface area contributed by atoms with Crippen molar-refractivity contribution in [2.45, 2.75) is 4.90 Å². The summed E-state index contributed by atoms with van der Waals surface area (Å²) in [7, 11) is -3.68. The molecule has 0 atom stereocenters. The molecule has 2 N–H and O–H groups in total. The Morgan fingerprint density at radius 3 is 2.06 bits per heavy atom. The first-order valence-corrected chi connectivity index (χ1v) is 10.8. The molecular weight excluding hydrogens is 479 g/mol. The summed E-state index contributed by atoms with van der Waals surface area (Å²) in [4.78, 5) is 0.0631. The zero-order valence-corrected chi connectivity index (χ0v) is 17.7. The van der Waals surface area contributed by atoms with Gasteiger partial charge in [-0.2, -0.15) is 9.41 Å². The van der Waals surface area contributed by atoms with E-state index >= 15 is 0 Å². The molecule has 14 heteroatoms. The van der Waals surface area contributed by atoms with Crippen molar-refractivity contribution in [3.63, 3.8) is 0 Å². The van der Waals surface area contributed by atoms with Crippen LogP contribution in [0.5, 0.6) is 0 Å². The normalized spacial score (nSPS) is 15.2. The molecule has 0 bridgehead atoms. The maximum Gasteiger partial charge on any atom is 0.243 e. The van der Waals surface area contributed by atoms with Gasteiger partial charge in [0.2, 0.25) is 15.8 Å². The van der Waals surface area contributed by atoms with Gasteiger partial charge in [-0.05, 0) is 36.5 Å². The van der Waals surface area contributed by atoms with Crippen LogP contribution in [0, 0.1) is 29.1 Å². The van der Waals surface area contributed by atoms with E-state index in [0.717, 1.165) is 0 Å². The predicted molar refractivity (Wildman–Crippen MR) is 109 cm³/mol. The zero-order valence-electron chi connectivity index (χ0n) is 16.0. The van der Waals surface area contributed by atoms with Crippen molar-refractivity contribution in [1.82, 2.24) is 9.73 Å². The standard InChI is InChI=1S/C18H15F5N4O3S2/c19-13-12(14(20)16(22)17(23)15(13)21)9-24-26-18(31)25-10-1-3-11(4-2-10)32(28,29)27-5-7-30-8-6-27/h1-4,9H,5-8H2,(H2,25,26,31)/b24-9-. The Morgan fingerprint density at radius 1 is 0.969 bits per heavy atom. The number of hydrogen-bond acceptors (Lipinski definition) is 5. The molecule has 1 aliphatic heterocycles. The van der Waals surface area contributed by atoms with Crippen LogP contribution in [0.15, 0.2) is 34.3 Å². The summed E-state index contributed by atoms with van der Waals surface area (Å²) in [5.41, 5.74) is 1.28. The van der Waals surface area contributed by atoms with Crippen LogP contribution in [0.25, 0.3) is 0 Å².